The second kappa shape index (κ2) is 9.15. The van der Waals surface area contributed by atoms with E-state index in [1.165, 1.54) is 7.11 Å². The monoisotopic (exact) mass is 415 g/mol. The van der Waals surface area contributed by atoms with E-state index in [0.29, 0.717) is 17.3 Å². The molecule has 0 bridgehead atoms. The van der Waals surface area contributed by atoms with Crippen molar-refractivity contribution in [3.8, 4) is 5.88 Å². The maximum atomic E-state index is 12.4. The van der Waals surface area contributed by atoms with Crippen LogP contribution in [-0.4, -0.2) is 45.9 Å². The van der Waals surface area contributed by atoms with Gasteiger partial charge in [0.2, 0.25) is 11.8 Å². The van der Waals surface area contributed by atoms with Gasteiger partial charge in [-0.25, -0.2) is 9.78 Å². The molecule has 1 aliphatic carbocycles. The number of methoxy groups -OCH3 is 1. The number of hydrogen-bond donors (Lipinski definition) is 3. The second-order valence-electron chi connectivity index (χ2n) is 8.52. The van der Waals surface area contributed by atoms with Crippen LogP contribution in [0.4, 0.5) is 10.6 Å². The molecule has 9 nitrogen and oxygen atoms in total. The fraction of sp³-hybridized carbons (Fsp3) is 0.524. The van der Waals surface area contributed by atoms with Crippen LogP contribution in [0.2, 0.25) is 0 Å². The number of carbonyl (C=O) groups excluding carboxylic acids is 2. The van der Waals surface area contributed by atoms with Crippen LogP contribution in [0.25, 0.3) is 0 Å². The molecule has 2 aromatic rings. The molecule has 0 aliphatic heterocycles. The number of anilines is 1. The molecule has 162 valence electrons. The third-order valence-corrected chi connectivity index (χ3v) is 4.83. The smallest absolute Gasteiger partial charge is 0.407 e. The number of amides is 2. The minimum atomic E-state index is -0.392. The van der Waals surface area contributed by atoms with Gasteiger partial charge in [0.25, 0.3) is 0 Å². The van der Waals surface area contributed by atoms with E-state index in [-0.39, 0.29) is 29.9 Å². The molecule has 3 rings (SSSR count). The van der Waals surface area contributed by atoms with Gasteiger partial charge in [-0.15, -0.1) is 0 Å². The fourth-order valence-corrected chi connectivity index (χ4v) is 3.53. The van der Waals surface area contributed by atoms with Crippen LogP contribution >= 0.6 is 0 Å². The van der Waals surface area contributed by atoms with Gasteiger partial charge in [0.1, 0.15) is 6.10 Å². The quantitative estimate of drug-likeness (QED) is 0.667. The summed E-state index contributed by atoms with van der Waals surface area (Å²) in [6.45, 7) is 5.74. The summed E-state index contributed by atoms with van der Waals surface area (Å²) in [5.41, 5.74) is 1.30. The average molecular weight is 415 g/mol. The molecule has 1 fully saturated rings. The molecule has 2 heterocycles. The molecule has 0 spiro atoms. The van der Waals surface area contributed by atoms with Gasteiger partial charge in [-0.1, -0.05) is 6.07 Å². The number of rotatable bonds is 6. The molecule has 2 unspecified atom stereocenters. The maximum absolute atomic E-state index is 12.4. The van der Waals surface area contributed by atoms with Crippen molar-refractivity contribution in [2.75, 3.05) is 12.4 Å². The number of alkyl carbamates (subject to hydrolysis) is 1. The summed E-state index contributed by atoms with van der Waals surface area (Å²) in [4.78, 5) is 28.4. The van der Waals surface area contributed by atoms with Crippen molar-refractivity contribution in [2.24, 2.45) is 0 Å². The molecule has 3 N–H and O–H groups in total. The van der Waals surface area contributed by atoms with E-state index in [1.807, 2.05) is 26.8 Å². The second-order valence-corrected chi connectivity index (χ2v) is 8.52. The topological polar surface area (TPSA) is 118 Å². The Balaban J connectivity index is 1.51. The Kier molecular flexibility index (Phi) is 6.59. The number of nitrogens with one attached hydrogen (secondary N) is 3. The van der Waals surface area contributed by atoms with E-state index in [0.717, 1.165) is 25.0 Å². The number of pyridine rings is 1. The predicted molar refractivity (Wildman–Crippen MR) is 111 cm³/mol. The first-order valence-electron chi connectivity index (χ1n) is 10.1. The van der Waals surface area contributed by atoms with Crippen molar-refractivity contribution in [1.29, 1.82) is 0 Å². The fourth-order valence-electron chi connectivity index (χ4n) is 3.53. The molecule has 30 heavy (non-hydrogen) atoms. The number of ether oxygens (including phenoxy) is 2. The van der Waals surface area contributed by atoms with Gasteiger partial charge >= 0.3 is 6.09 Å². The van der Waals surface area contributed by atoms with E-state index < -0.39 is 6.09 Å². The molecule has 1 saturated carbocycles. The van der Waals surface area contributed by atoms with Gasteiger partial charge in [-0.2, -0.15) is 5.10 Å². The summed E-state index contributed by atoms with van der Waals surface area (Å²) in [5.74, 6) is 0.899. The zero-order valence-corrected chi connectivity index (χ0v) is 17.8. The minimum Gasteiger partial charge on any atom is -0.481 e. The molecular formula is C21H29N5O4. The largest absolute Gasteiger partial charge is 0.481 e. The van der Waals surface area contributed by atoms with Crippen molar-refractivity contribution < 1.29 is 19.1 Å². The summed E-state index contributed by atoms with van der Waals surface area (Å²) >= 11 is 0. The van der Waals surface area contributed by atoms with Gasteiger partial charge in [-0.3, -0.25) is 9.89 Å². The van der Waals surface area contributed by atoms with Gasteiger partial charge in [0.05, 0.1) is 13.5 Å². The van der Waals surface area contributed by atoms with Gasteiger partial charge in [0.15, 0.2) is 5.82 Å². The number of H-pyrrole nitrogens is 1. The summed E-state index contributed by atoms with van der Waals surface area (Å²) in [6.07, 6.45) is 3.64. The SMILES string of the molecule is COc1ncccc1CC(=O)Nc1cc(C2CCC(OC(=O)NC(C)(C)C)C2)[nH]n1. The zero-order valence-electron chi connectivity index (χ0n) is 17.8. The van der Waals surface area contributed by atoms with Crippen molar-refractivity contribution in [3.63, 3.8) is 0 Å². The molecule has 0 radical (unpaired) electrons. The standard InChI is InChI=1S/C21H29N5O4/c1-21(2,3)24-20(28)30-15-8-7-13(10-15)16-12-17(26-25-16)23-18(27)11-14-6-5-9-22-19(14)29-4/h5-6,9,12-13,15H,7-8,10-11H2,1-4H3,(H,24,28)(H2,23,25,26,27). The van der Waals surface area contributed by atoms with Gasteiger partial charge in [0, 0.05) is 35.0 Å². The Bertz CT molecular complexity index is 890. The summed E-state index contributed by atoms with van der Waals surface area (Å²) in [7, 11) is 1.52. The lowest BCUT2D eigenvalue weighted by molar-refractivity contribution is -0.115. The van der Waals surface area contributed by atoms with Gasteiger partial charge < -0.3 is 20.1 Å². The highest BCUT2D eigenvalue weighted by atomic mass is 16.6. The molecular weight excluding hydrogens is 386 g/mol. The van der Waals surface area contributed by atoms with Crippen LogP contribution in [0.1, 0.15) is 57.2 Å². The van der Waals surface area contributed by atoms with E-state index in [9.17, 15) is 9.59 Å². The normalized spacial score (nSPS) is 18.7. The number of aromatic nitrogens is 3. The number of aromatic amines is 1. The number of nitrogens with zero attached hydrogens (tertiary/aromatic N) is 2. The highest BCUT2D eigenvalue weighted by Crippen LogP contribution is 2.35. The van der Waals surface area contributed by atoms with E-state index in [1.54, 1.807) is 18.3 Å². The maximum Gasteiger partial charge on any atom is 0.407 e. The number of carbonyl (C=O) groups is 2. The number of hydrogen-bond acceptors (Lipinski definition) is 6. The Morgan fingerprint density at radius 1 is 1.30 bits per heavy atom. The van der Waals surface area contributed by atoms with E-state index >= 15 is 0 Å². The van der Waals surface area contributed by atoms with Crippen molar-refractivity contribution >= 4 is 17.8 Å². The highest BCUT2D eigenvalue weighted by molar-refractivity contribution is 5.91. The molecule has 9 heteroatoms. The first kappa shape index (κ1) is 21.6. The summed E-state index contributed by atoms with van der Waals surface area (Å²) in [6, 6.07) is 5.40. The predicted octanol–water partition coefficient (Wildman–Crippen LogP) is 3.16. The summed E-state index contributed by atoms with van der Waals surface area (Å²) in [5, 5.41) is 12.8. The summed E-state index contributed by atoms with van der Waals surface area (Å²) < 4.78 is 10.7. The molecule has 2 atom stereocenters. The molecule has 1 aliphatic rings. The molecule has 2 amide bonds. The lowest BCUT2D eigenvalue weighted by Gasteiger charge is -2.22. The van der Waals surface area contributed by atoms with E-state index in [4.69, 9.17) is 9.47 Å². The zero-order chi connectivity index (χ0) is 21.7. The lowest BCUT2D eigenvalue weighted by atomic mass is 10.0. The van der Waals surface area contributed by atoms with Crippen LogP contribution in [0.15, 0.2) is 24.4 Å². The van der Waals surface area contributed by atoms with Crippen molar-refractivity contribution in [3.05, 3.63) is 35.7 Å². The molecule has 2 aromatic heterocycles. The van der Waals surface area contributed by atoms with Crippen LogP contribution in [0.5, 0.6) is 5.88 Å². The first-order valence-corrected chi connectivity index (χ1v) is 10.1. The van der Waals surface area contributed by atoms with Crippen LogP contribution < -0.4 is 15.4 Å². The lowest BCUT2D eigenvalue weighted by Crippen LogP contribution is -2.42. The van der Waals surface area contributed by atoms with Crippen LogP contribution in [0, 0.1) is 0 Å². The van der Waals surface area contributed by atoms with E-state index in [2.05, 4.69) is 25.8 Å². The molecule has 0 aromatic carbocycles. The molecule has 0 saturated heterocycles. The Labute approximate surface area is 175 Å². The Morgan fingerprint density at radius 3 is 2.83 bits per heavy atom. The minimum absolute atomic E-state index is 0.128. The van der Waals surface area contributed by atoms with Crippen molar-refractivity contribution in [2.45, 2.75) is 64.0 Å². The Morgan fingerprint density at radius 2 is 2.10 bits per heavy atom. The first-order chi connectivity index (χ1) is 14.2. The van der Waals surface area contributed by atoms with Gasteiger partial charge in [-0.05, 0) is 46.1 Å². The third-order valence-electron chi connectivity index (χ3n) is 4.83. The van der Waals surface area contributed by atoms with Crippen LogP contribution in [0.3, 0.4) is 0 Å². The third kappa shape index (κ3) is 5.95. The highest BCUT2D eigenvalue weighted by Gasteiger charge is 2.30. The van der Waals surface area contributed by atoms with Crippen molar-refractivity contribution in [1.82, 2.24) is 20.5 Å². The van der Waals surface area contributed by atoms with Crippen LogP contribution in [-0.2, 0) is 16.0 Å². The average Bonchev–Trinajstić information content (AvgIpc) is 3.30. The Hall–Kier alpha value is -3.10.